The molecule has 1 heterocycles. The maximum Gasteiger partial charge on any atom is 0.408 e. The third kappa shape index (κ3) is 5.50. The predicted octanol–water partition coefficient (Wildman–Crippen LogP) is 3.33. The summed E-state index contributed by atoms with van der Waals surface area (Å²) in [5.74, 6) is 0.0480. The summed E-state index contributed by atoms with van der Waals surface area (Å²) in [6.07, 6.45) is 3.71. The quantitative estimate of drug-likeness (QED) is 0.866. The van der Waals surface area contributed by atoms with Crippen LogP contribution in [0.15, 0.2) is 0 Å². The molecule has 0 radical (unpaired) electrons. The number of likely N-dealkylation sites (tertiary alicyclic amines) is 1. The monoisotopic (exact) mass is 312 g/mol. The number of hydrogen-bond donors (Lipinski definition) is 1. The third-order valence-electron chi connectivity index (χ3n) is 3.99. The Morgan fingerprint density at radius 1 is 1.27 bits per heavy atom. The Bertz CT molecular complexity index is 388. The van der Waals surface area contributed by atoms with E-state index in [9.17, 15) is 9.59 Å². The lowest BCUT2D eigenvalue weighted by molar-refractivity contribution is -0.138. The first-order valence-electron chi connectivity index (χ1n) is 8.45. The summed E-state index contributed by atoms with van der Waals surface area (Å²) in [5.41, 5.74) is -0.564. The highest BCUT2D eigenvalue weighted by Crippen LogP contribution is 2.22. The number of carbonyl (C=O) groups excluding carboxylic acids is 2. The van der Waals surface area contributed by atoms with Gasteiger partial charge in [-0.3, -0.25) is 4.79 Å². The van der Waals surface area contributed by atoms with Crippen LogP contribution in [0.3, 0.4) is 0 Å². The molecule has 2 atom stereocenters. The van der Waals surface area contributed by atoms with Gasteiger partial charge in [0.1, 0.15) is 11.6 Å². The summed E-state index contributed by atoms with van der Waals surface area (Å²) >= 11 is 0. The van der Waals surface area contributed by atoms with Crippen molar-refractivity contribution in [3.8, 4) is 0 Å². The van der Waals surface area contributed by atoms with Crippen LogP contribution in [-0.2, 0) is 9.53 Å². The van der Waals surface area contributed by atoms with E-state index in [0.717, 1.165) is 25.8 Å². The van der Waals surface area contributed by atoms with E-state index in [1.807, 2.05) is 39.5 Å². The van der Waals surface area contributed by atoms with Crippen molar-refractivity contribution < 1.29 is 14.3 Å². The van der Waals surface area contributed by atoms with Gasteiger partial charge in [0.15, 0.2) is 0 Å². The largest absolute Gasteiger partial charge is 0.444 e. The number of rotatable bonds is 4. The van der Waals surface area contributed by atoms with E-state index in [0.29, 0.717) is 6.04 Å². The second-order valence-electron chi connectivity index (χ2n) is 7.46. The van der Waals surface area contributed by atoms with Crippen LogP contribution in [0.1, 0.15) is 67.2 Å². The summed E-state index contributed by atoms with van der Waals surface area (Å²) in [6, 6.07) is -0.232. The van der Waals surface area contributed by atoms with Crippen LogP contribution in [0.25, 0.3) is 0 Å². The summed E-state index contributed by atoms with van der Waals surface area (Å²) < 4.78 is 5.29. The molecule has 5 nitrogen and oxygen atoms in total. The second-order valence-corrected chi connectivity index (χ2v) is 7.46. The molecule has 0 aliphatic carbocycles. The zero-order valence-corrected chi connectivity index (χ0v) is 14.9. The maximum atomic E-state index is 12.9. The lowest BCUT2D eigenvalue weighted by atomic mass is 9.96. The number of nitrogens with zero attached hydrogens (tertiary/aromatic N) is 1. The molecular weight excluding hydrogens is 280 g/mol. The fraction of sp³-hybridized carbons (Fsp3) is 0.882. The van der Waals surface area contributed by atoms with Crippen molar-refractivity contribution in [3.05, 3.63) is 0 Å². The van der Waals surface area contributed by atoms with Crippen molar-refractivity contribution in [1.82, 2.24) is 10.2 Å². The van der Waals surface area contributed by atoms with Crippen LogP contribution in [0.2, 0.25) is 0 Å². The van der Waals surface area contributed by atoms with E-state index >= 15 is 0 Å². The zero-order valence-electron chi connectivity index (χ0n) is 14.9. The lowest BCUT2D eigenvalue weighted by Gasteiger charge is -2.38. The van der Waals surface area contributed by atoms with Crippen molar-refractivity contribution in [1.29, 1.82) is 0 Å². The van der Waals surface area contributed by atoms with Gasteiger partial charge in [-0.15, -0.1) is 0 Å². The fourth-order valence-electron chi connectivity index (χ4n) is 2.84. The molecule has 0 saturated carbocycles. The molecule has 1 saturated heterocycles. The SMILES string of the molecule is CCC1CCCCN1C(=O)C(NC(=O)OC(C)(C)C)C(C)C. The van der Waals surface area contributed by atoms with Gasteiger partial charge in [-0.2, -0.15) is 0 Å². The van der Waals surface area contributed by atoms with Gasteiger partial charge in [-0.1, -0.05) is 20.8 Å². The normalized spacial score (nSPS) is 20.7. The predicted molar refractivity (Wildman–Crippen MR) is 87.6 cm³/mol. The molecule has 2 unspecified atom stereocenters. The highest BCUT2D eigenvalue weighted by atomic mass is 16.6. The molecule has 1 aliphatic heterocycles. The van der Waals surface area contributed by atoms with Gasteiger partial charge >= 0.3 is 6.09 Å². The molecule has 2 amide bonds. The van der Waals surface area contributed by atoms with E-state index in [4.69, 9.17) is 4.74 Å². The zero-order chi connectivity index (χ0) is 16.9. The van der Waals surface area contributed by atoms with Gasteiger partial charge in [0.05, 0.1) is 0 Å². The number of hydrogen-bond acceptors (Lipinski definition) is 3. The van der Waals surface area contributed by atoms with Crippen molar-refractivity contribution in [2.24, 2.45) is 5.92 Å². The molecule has 22 heavy (non-hydrogen) atoms. The van der Waals surface area contributed by atoms with Crippen LogP contribution in [0.5, 0.6) is 0 Å². The molecule has 0 bridgehead atoms. The van der Waals surface area contributed by atoms with Crippen LogP contribution in [-0.4, -0.2) is 41.1 Å². The Hall–Kier alpha value is -1.26. The van der Waals surface area contributed by atoms with Crippen LogP contribution >= 0.6 is 0 Å². The third-order valence-corrected chi connectivity index (χ3v) is 3.99. The Morgan fingerprint density at radius 2 is 1.91 bits per heavy atom. The maximum absolute atomic E-state index is 12.9. The second kappa shape index (κ2) is 7.84. The summed E-state index contributed by atoms with van der Waals surface area (Å²) in [7, 11) is 0. The summed E-state index contributed by atoms with van der Waals surface area (Å²) in [6.45, 7) is 12.2. The Labute approximate surface area is 134 Å². The first-order valence-corrected chi connectivity index (χ1v) is 8.45. The molecule has 0 aromatic heterocycles. The van der Waals surface area contributed by atoms with Gasteiger partial charge in [0.2, 0.25) is 5.91 Å². The van der Waals surface area contributed by atoms with Gasteiger partial charge < -0.3 is 15.0 Å². The van der Waals surface area contributed by atoms with E-state index in [2.05, 4.69) is 12.2 Å². The highest BCUT2D eigenvalue weighted by Gasteiger charge is 2.34. The van der Waals surface area contributed by atoms with Gasteiger partial charge in [0, 0.05) is 12.6 Å². The minimum Gasteiger partial charge on any atom is -0.444 e. The molecule has 0 spiro atoms. The summed E-state index contributed by atoms with van der Waals surface area (Å²) in [5, 5.41) is 2.76. The molecular formula is C17H32N2O3. The van der Waals surface area contributed by atoms with Crippen molar-refractivity contribution >= 4 is 12.0 Å². The van der Waals surface area contributed by atoms with Crippen molar-refractivity contribution in [2.75, 3.05) is 6.54 Å². The Morgan fingerprint density at radius 3 is 2.41 bits per heavy atom. The standard InChI is InChI=1S/C17H32N2O3/c1-7-13-10-8-9-11-19(13)15(20)14(12(2)3)18-16(21)22-17(4,5)6/h12-14H,7-11H2,1-6H3,(H,18,21). The van der Waals surface area contributed by atoms with E-state index in [-0.39, 0.29) is 11.8 Å². The Balaban J connectivity index is 2.77. The topological polar surface area (TPSA) is 58.6 Å². The minimum absolute atomic E-state index is 0.0207. The number of amides is 2. The molecule has 1 rings (SSSR count). The number of carbonyl (C=O) groups is 2. The number of alkyl carbamates (subject to hydrolysis) is 1. The molecule has 1 aliphatic rings. The first kappa shape index (κ1) is 18.8. The Kier molecular flexibility index (Phi) is 6.69. The van der Waals surface area contributed by atoms with Gasteiger partial charge in [-0.05, 0) is 52.4 Å². The molecule has 128 valence electrons. The lowest BCUT2D eigenvalue weighted by Crippen LogP contribution is -2.55. The average Bonchev–Trinajstić information content (AvgIpc) is 2.41. The van der Waals surface area contributed by atoms with E-state index in [1.54, 1.807) is 0 Å². The van der Waals surface area contributed by atoms with E-state index in [1.165, 1.54) is 6.42 Å². The van der Waals surface area contributed by atoms with Crippen LogP contribution < -0.4 is 5.32 Å². The molecule has 1 fully saturated rings. The molecule has 0 aromatic carbocycles. The minimum atomic E-state index is -0.564. The van der Waals surface area contributed by atoms with Crippen LogP contribution in [0, 0.1) is 5.92 Å². The van der Waals surface area contributed by atoms with Gasteiger partial charge in [-0.25, -0.2) is 4.79 Å². The average molecular weight is 312 g/mol. The van der Waals surface area contributed by atoms with Crippen LogP contribution in [0.4, 0.5) is 4.79 Å². The van der Waals surface area contributed by atoms with Gasteiger partial charge in [0.25, 0.3) is 0 Å². The van der Waals surface area contributed by atoms with Crippen molar-refractivity contribution in [3.63, 3.8) is 0 Å². The first-order chi connectivity index (χ1) is 10.2. The summed E-state index contributed by atoms with van der Waals surface area (Å²) in [4.78, 5) is 26.8. The smallest absolute Gasteiger partial charge is 0.408 e. The highest BCUT2D eigenvalue weighted by molar-refractivity contribution is 5.86. The number of piperidine rings is 1. The number of nitrogens with one attached hydrogen (secondary N) is 1. The molecule has 1 N–H and O–H groups in total. The molecule has 0 aromatic rings. The fourth-order valence-corrected chi connectivity index (χ4v) is 2.84. The molecule has 5 heteroatoms. The number of ether oxygens (including phenoxy) is 1. The van der Waals surface area contributed by atoms with E-state index < -0.39 is 17.7 Å². The van der Waals surface area contributed by atoms with Crippen molar-refractivity contribution in [2.45, 2.75) is 84.9 Å².